The van der Waals surface area contributed by atoms with Gasteiger partial charge in [0.1, 0.15) is 0 Å². The number of aryl methyl sites for hydroxylation is 1. The Morgan fingerprint density at radius 3 is 2.96 bits per heavy atom. The highest BCUT2D eigenvalue weighted by Gasteiger charge is 2.27. The summed E-state index contributed by atoms with van der Waals surface area (Å²) in [6, 6.07) is 7.38. The molecule has 1 atom stereocenters. The second-order valence-corrected chi connectivity index (χ2v) is 6.48. The van der Waals surface area contributed by atoms with Crippen molar-refractivity contribution >= 4 is 5.91 Å². The number of aromatic nitrogens is 2. The van der Waals surface area contributed by atoms with E-state index in [2.05, 4.69) is 15.3 Å². The van der Waals surface area contributed by atoms with E-state index in [0.29, 0.717) is 17.7 Å². The van der Waals surface area contributed by atoms with Crippen molar-refractivity contribution in [2.24, 2.45) is 0 Å². The number of carbonyl (C=O) groups excluding carboxylic acids is 1. The number of nitrogens with zero attached hydrogens (tertiary/aromatic N) is 2. The van der Waals surface area contributed by atoms with Crippen LogP contribution in [-0.4, -0.2) is 39.9 Å². The van der Waals surface area contributed by atoms with Crippen LogP contribution in [0.2, 0.25) is 0 Å². The molecule has 0 aliphatic carbocycles. The van der Waals surface area contributed by atoms with Crippen molar-refractivity contribution in [2.75, 3.05) is 13.1 Å². The summed E-state index contributed by atoms with van der Waals surface area (Å²) in [7, 11) is 0. The first-order valence-electron chi connectivity index (χ1n) is 8.76. The molecule has 3 heterocycles. The lowest BCUT2D eigenvalue weighted by Gasteiger charge is -2.31. The number of hydrogen-bond donors (Lipinski definition) is 2. The topological polar surface area (TPSA) is 78.1 Å². The molecule has 1 fully saturated rings. The van der Waals surface area contributed by atoms with E-state index in [4.69, 9.17) is 0 Å². The Balaban J connectivity index is 1.91. The van der Waals surface area contributed by atoms with Gasteiger partial charge < -0.3 is 15.2 Å². The first kappa shape index (κ1) is 17.4. The molecule has 1 aliphatic heterocycles. The Morgan fingerprint density at radius 2 is 2.20 bits per heavy atom. The average molecular weight is 340 g/mol. The van der Waals surface area contributed by atoms with E-state index in [0.717, 1.165) is 38.0 Å². The van der Waals surface area contributed by atoms with Crippen molar-refractivity contribution < 1.29 is 4.79 Å². The summed E-state index contributed by atoms with van der Waals surface area (Å²) in [4.78, 5) is 33.6. The smallest absolute Gasteiger partial charge is 0.256 e. The molecule has 25 heavy (non-hydrogen) atoms. The zero-order valence-electron chi connectivity index (χ0n) is 14.5. The molecule has 0 aromatic carbocycles. The minimum Gasteiger partial charge on any atom is -0.330 e. The number of amides is 1. The molecule has 1 aliphatic rings. The molecule has 0 saturated carbocycles. The summed E-state index contributed by atoms with van der Waals surface area (Å²) in [6.45, 7) is 4.17. The van der Waals surface area contributed by atoms with Gasteiger partial charge in [-0.25, -0.2) is 0 Å². The third kappa shape index (κ3) is 4.33. The normalized spacial score (nSPS) is 17.7. The largest absolute Gasteiger partial charge is 0.330 e. The van der Waals surface area contributed by atoms with Gasteiger partial charge in [-0.05, 0) is 57.0 Å². The van der Waals surface area contributed by atoms with Gasteiger partial charge in [-0.1, -0.05) is 6.07 Å². The van der Waals surface area contributed by atoms with Gasteiger partial charge in [0.2, 0.25) is 5.56 Å². The van der Waals surface area contributed by atoms with Crippen LogP contribution in [0.3, 0.4) is 0 Å². The quantitative estimate of drug-likeness (QED) is 0.890. The lowest BCUT2D eigenvalue weighted by Crippen LogP contribution is -2.41. The SMILES string of the molecule is Cc1cc(=O)[nH]cc1C(=O)N(Cc1ccccn1)C1CCCNCC1. The number of aromatic amines is 1. The highest BCUT2D eigenvalue weighted by Crippen LogP contribution is 2.20. The van der Waals surface area contributed by atoms with Crippen LogP contribution in [0.5, 0.6) is 0 Å². The molecule has 2 N–H and O–H groups in total. The molecule has 3 rings (SSSR count). The summed E-state index contributed by atoms with van der Waals surface area (Å²) >= 11 is 0. The Morgan fingerprint density at radius 1 is 1.32 bits per heavy atom. The van der Waals surface area contributed by atoms with Gasteiger partial charge in [0, 0.05) is 24.5 Å². The van der Waals surface area contributed by atoms with Crippen molar-refractivity contribution in [1.29, 1.82) is 0 Å². The van der Waals surface area contributed by atoms with E-state index in [1.807, 2.05) is 23.1 Å². The number of nitrogens with one attached hydrogen (secondary N) is 2. The van der Waals surface area contributed by atoms with Gasteiger partial charge in [-0.3, -0.25) is 14.6 Å². The molecule has 1 saturated heterocycles. The predicted molar refractivity (Wildman–Crippen MR) is 96.4 cm³/mol. The molecule has 6 nitrogen and oxygen atoms in total. The summed E-state index contributed by atoms with van der Waals surface area (Å²) in [5.74, 6) is -0.0497. The van der Waals surface area contributed by atoms with Crippen LogP contribution in [0, 0.1) is 6.92 Å². The van der Waals surface area contributed by atoms with Gasteiger partial charge >= 0.3 is 0 Å². The molecule has 0 bridgehead atoms. The van der Waals surface area contributed by atoms with Crippen LogP contribution in [0.4, 0.5) is 0 Å². The van der Waals surface area contributed by atoms with Crippen LogP contribution in [0.25, 0.3) is 0 Å². The standard InChI is InChI=1S/C19H24N4O2/c1-14-11-18(24)22-12-17(14)19(25)23(13-15-5-2-3-9-21-15)16-6-4-8-20-10-7-16/h2-3,5,9,11-12,16,20H,4,6-8,10,13H2,1H3,(H,22,24). The summed E-state index contributed by atoms with van der Waals surface area (Å²) in [6.07, 6.45) is 6.20. The maximum Gasteiger partial charge on any atom is 0.256 e. The molecule has 2 aromatic rings. The summed E-state index contributed by atoms with van der Waals surface area (Å²) in [5.41, 5.74) is 1.93. The number of H-pyrrole nitrogens is 1. The lowest BCUT2D eigenvalue weighted by atomic mass is 10.0. The first-order chi connectivity index (χ1) is 12.1. The molecule has 6 heteroatoms. The van der Waals surface area contributed by atoms with Crippen molar-refractivity contribution in [3.8, 4) is 0 Å². The number of rotatable bonds is 4. The number of hydrogen-bond acceptors (Lipinski definition) is 4. The number of carbonyl (C=O) groups is 1. The molecule has 132 valence electrons. The molecular formula is C19H24N4O2. The molecule has 2 aromatic heterocycles. The number of pyridine rings is 2. The fourth-order valence-corrected chi connectivity index (χ4v) is 3.30. The van der Waals surface area contributed by atoms with E-state index < -0.39 is 0 Å². The third-order valence-electron chi connectivity index (χ3n) is 4.67. The van der Waals surface area contributed by atoms with E-state index in [-0.39, 0.29) is 17.5 Å². The van der Waals surface area contributed by atoms with E-state index >= 15 is 0 Å². The fraction of sp³-hybridized carbons (Fsp3) is 0.421. The van der Waals surface area contributed by atoms with Crippen LogP contribution >= 0.6 is 0 Å². The van der Waals surface area contributed by atoms with Crippen molar-refractivity contribution in [1.82, 2.24) is 20.2 Å². The molecular weight excluding hydrogens is 316 g/mol. The first-order valence-corrected chi connectivity index (χ1v) is 8.76. The Labute approximate surface area is 147 Å². The summed E-state index contributed by atoms with van der Waals surface area (Å²) < 4.78 is 0. The molecule has 0 radical (unpaired) electrons. The fourth-order valence-electron chi connectivity index (χ4n) is 3.30. The van der Waals surface area contributed by atoms with Crippen LogP contribution in [-0.2, 0) is 6.54 Å². The van der Waals surface area contributed by atoms with Crippen LogP contribution in [0.1, 0.15) is 40.9 Å². The predicted octanol–water partition coefficient (Wildman–Crippen LogP) is 1.86. The zero-order chi connectivity index (χ0) is 17.6. The molecule has 0 spiro atoms. The van der Waals surface area contributed by atoms with E-state index in [9.17, 15) is 9.59 Å². The van der Waals surface area contributed by atoms with Gasteiger partial charge in [0.05, 0.1) is 17.8 Å². The van der Waals surface area contributed by atoms with E-state index in [1.54, 1.807) is 13.1 Å². The Kier molecular flexibility index (Phi) is 5.60. The maximum atomic E-state index is 13.2. The van der Waals surface area contributed by atoms with Crippen LogP contribution < -0.4 is 10.9 Å². The summed E-state index contributed by atoms with van der Waals surface area (Å²) in [5, 5.41) is 3.39. The minimum atomic E-state index is -0.191. The monoisotopic (exact) mass is 340 g/mol. The second kappa shape index (κ2) is 8.07. The molecule has 1 unspecified atom stereocenters. The average Bonchev–Trinajstić information content (AvgIpc) is 2.89. The van der Waals surface area contributed by atoms with E-state index in [1.165, 1.54) is 12.3 Å². The van der Waals surface area contributed by atoms with Crippen molar-refractivity contribution in [3.05, 3.63) is 63.8 Å². The lowest BCUT2D eigenvalue weighted by molar-refractivity contribution is 0.0641. The minimum absolute atomic E-state index is 0.0497. The van der Waals surface area contributed by atoms with Gasteiger partial charge in [0.15, 0.2) is 0 Å². The highest BCUT2D eigenvalue weighted by molar-refractivity contribution is 5.95. The van der Waals surface area contributed by atoms with Crippen molar-refractivity contribution in [3.63, 3.8) is 0 Å². The van der Waals surface area contributed by atoms with Crippen molar-refractivity contribution in [2.45, 2.75) is 38.8 Å². The third-order valence-corrected chi connectivity index (χ3v) is 4.67. The van der Waals surface area contributed by atoms with Gasteiger partial charge in [0.25, 0.3) is 5.91 Å². The van der Waals surface area contributed by atoms with Gasteiger partial charge in [-0.2, -0.15) is 0 Å². The second-order valence-electron chi connectivity index (χ2n) is 6.48. The van der Waals surface area contributed by atoms with Gasteiger partial charge in [-0.15, -0.1) is 0 Å². The Bertz CT molecular complexity index is 764. The highest BCUT2D eigenvalue weighted by atomic mass is 16.2. The molecule has 1 amide bonds. The Hall–Kier alpha value is -2.47. The van der Waals surface area contributed by atoms with Crippen LogP contribution in [0.15, 0.2) is 41.5 Å². The zero-order valence-corrected chi connectivity index (χ0v) is 14.5. The maximum absolute atomic E-state index is 13.2.